The molecule has 6 heteroatoms. The Morgan fingerprint density at radius 1 is 1.04 bits per heavy atom. The molecule has 25 heavy (non-hydrogen) atoms. The predicted molar refractivity (Wildman–Crippen MR) is 92.5 cm³/mol. The van der Waals surface area contributed by atoms with Gasteiger partial charge in [-0.3, -0.25) is 14.6 Å². The molecule has 132 valence electrons. The van der Waals surface area contributed by atoms with Gasteiger partial charge in [0.25, 0.3) is 0 Å². The molecule has 1 aliphatic heterocycles. The Kier molecular flexibility index (Phi) is 5.63. The SMILES string of the molecule is COC(=O)c1ccc(CN2CCN(CC(=O)c3ccco3)CC2)cc1. The molecule has 1 aromatic heterocycles. The van der Waals surface area contributed by atoms with Crippen LogP contribution in [-0.2, 0) is 11.3 Å². The Balaban J connectivity index is 1.46. The lowest BCUT2D eigenvalue weighted by Crippen LogP contribution is -2.47. The molecule has 1 aliphatic rings. The minimum Gasteiger partial charge on any atom is -0.465 e. The Hall–Kier alpha value is -2.44. The smallest absolute Gasteiger partial charge is 0.337 e. The maximum atomic E-state index is 12.1. The lowest BCUT2D eigenvalue weighted by Gasteiger charge is -2.34. The van der Waals surface area contributed by atoms with E-state index in [1.54, 1.807) is 24.3 Å². The highest BCUT2D eigenvalue weighted by molar-refractivity contribution is 5.95. The molecule has 0 spiro atoms. The first kappa shape index (κ1) is 17.4. The van der Waals surface area contributed by atoms with Crippen molar-refractivity contribution >= 4 is 11.8 Å². The van der Waals surface area contributed by atoms with E-state index < -0.39 is 0 Å². The summed E-state index contributed by atoms with van der Waals surface area (Å²) < 4.78 is 9.86. The van der Waals surface area contributed by atoms with E-state index in [2.05, 4.69) is 9.80 Å². The van der Waals surface area contributed by atoms with Crippen molar-refractivity contribution in [3.8, 4) is 0 Å². The molecular formula is C19H22N2O4. The molecule has 0 N–H and O–H groups in total. The number of furan rings is 1. The van der Waals surface area contributed by atoms with E-state index in [4.69, 9.17) is 9.15 Å². The molecule has 2 aromatic rings. The van der Waals surface area contributed by atoms with Gasteiger partial charge >= 0.3 is 5.97 Å². The van der Waals surface area contributed by atoms with Crippen LogP contribution >= 0.6 is 0 Å². The van der Waals surface area contributed by atoms with Gasteiger partial charge in [0.15, 0.2) is 5.76 Å². The Bertz CT molecular complexity index is 702. The van der Waals surface area contributed by atoms with Crippen molar-refractivity contribution in [2.45, 2.75) is 6.54 Å². The van der Waals surface area contributed by atoms with Crippen LogP contribution < -0.4 is 0 Å². The highest BCUT2D eigenvalue weighted by Gasteiger charge is 2.20. The average molecular weight is 342 g/mol. The second kappa shape index (κ2) is 8.09. The van der Waals surface area contributed by atoms with Crippen molar-refractivity contribution in [2.24, 2.45) is 0 Å². The van der Waals surface area contributed by atoms with E-state index >= 15 is 0 Å². The number of Topliss-reactive ketones (excluding diaryl/α,β-unsaturated/α-hetero) is 1. The lowest BCUT2D eigenvalue weighted by atomic mass is 10.1. The lowest BCUT2D eigenvalue weighted by molar-refractivity contribution is 0.0600. The second-order valence-electron chi connectivity index (χ2n) is 6.14. The zero-order chi connectivity index (χ0) is 17.6. The van der Waals surface area contributed by atoms with Gasteiger partial charge in [-0.2, -0.15) is 0 Å². The first-order chi connectivity index (χ1) is 12.2. The number of methoxy groups -OCH3 is 1. The standard InChI is InChI=1S/C19H22N2O4/c1-24-19(23)16-6-4-15(5-7-16)13-20-8-10-21(11-9-20)14-17(22)18-3-2-12-25-18/h2-7,12H,8-11,13-14H2,1H3. The molecule has 1 saturated heterocycles. The van der Waals surface area contributed by atoms with Gasteiger partial charge in [-0.1, -0.05) is 12.1 Å². The van der Waals surface area contributed by atoms with Gasteiger partial charge in [-0.05, 0) is 29.8 Å². The number of carbonyl (C=O) groups excluding carboxylic acids is 2. The van der Waals surface area contributed by atoms with E-state index in [0.29, 0.717) is 17.9 Å². The van der Waals surface area contributed by atoms with Crippen LogP contribution in [0.1, 0.15) is 26.5 Å². The first-order valence-corrected chi connectivity index (χ1v) is 8.34. The summed E-state index contributed by atoms with van der Waals surface area (Å²) in [5.41, 5.74) is 1.72. The molecule has 3 rings (SSSR count). The monoisotopic (exact) mass is 342 g/mol. The number of hydrogen-bond acceptors (Lipinski definition) is 6. The number of ether oxygens (including phenoxy) is 1. The summed E-state index contributed by atoms with van der Waals surface area (Å²) in [5, 5.41) is 0. The van der Waals surface area contributed by atoms with Crippen LogP contribution in [0.25, 0.3) is 0 Å². The zero-order valence-corrected chi connectivity index (χ0v) is 14.3. The fourth-order valence-corrected chi connectivity index (χ4v) is 2.95. The van der Waals surface area contributed by atoms with Crippen molar-refractivity contribution in [3.63, 3.8) is 0 Å². The van der Waals surface area contributed by atoms with E-state index in [0.717, 1.165) is 38.3 Å². The fraction of sp³-hybridized carbons (Fsp3) is 0.368. The van der Waals surface area contributed by atoms with Crippen LogP contribution in [0.5, 0.6) is 0 Å². The third-order valence-electron chi connectivity index (χ3n) is 4.41. The normalized spacial score (nSPS) is 15.9. The number of benzene rings is 1. The number of carbonyl (C=O) groups is 2. The number of piperazine rings is 1. The predicted octanol–water partition coefficient (Wildman–Crippen LogP) is 2.07. The summed E-state index contributed by atoms with van der Waals surface area (Å²) in [7, 11) is 1.38. The van der Waals surface area contributed by atoms with Crippen molar-refractivity contribution in [3.05, 3.63) is 59.5 Å². The molecule has 0 bridgehead atoms. The minimum absolute atomic E-state index is 0.0249. The molecule has 1 fully saturated rings. The number of hydrogen-bond donors (Lipinski definition) is 0. The van der Waals surface area contributed by atoms with Crippen molar-refractivity contribution in [1.29, 1.82) is 0 Å². The van der Waals surface area contributed by atoms with Gasteiger partial charge < -0.3 is 9.15 Å². The van der Waals surface area contributed by atoms with Crippen LogP contribution in [0.15, 0.2) is 47.1 Å². The molecule has 6 nitrogen and oxygen atoms in total. The molecule has 0 saturated carbocycles. The van der Waals surface area contributed by atoms with Crippen LogP contribution in [0.4, 0.5) is 0 Å². The van der Waals surface area contributed by atoms with Gasteiger partial charge in [0.2, 0.25) is 5.78 Å². The van der Waals surface area contributed by atoms with Gasteiger partial charge in [0, 0.05) is 32.7 Å². The van der Waals surface area contributed by atoms with Crippen LogP contribution in [0, 0.1) is 0 Å². The third kappa shape index (κ3) is 4.55. The third-order valence-corrected chi connectivity index (χ3v) is 4.41. The maximum absolute atomic E-state index is 12.1. The summed E-state index contributed by atoms with van der Waals surface area (Å²) in [6, 6.07) is 10.9. The summed E-state index contributed by atoms with van der Waals surface area (Å²) in [6.45, 7) is 4.75. The molecule has 0 amide bonds. The Morgan fingerprint density at radius 2 is 1.72 bits per heavy atom. The number of rotatable bonds is 6. The molecule has 1 aromatic carbocycles. The second-order valence-corrected chi connectivity index (χ2v) is 6.14. The molecule has 0 aliphatic carbocycles. The minimum atomic E-state index is -0.318. The summed E-state index contributed by atoms with van der Waals surface area (Å²) in [4.78, 5) is 28.0. The van der Waals surface area contributed by atoms with Gasteiger partial charge in [0.05, 0.1) is 25.5 Å². The van der Waals surface area contributed by atoms with E-state index in [1.807, 2.05) is 12.1 Å². The first-order valence-electron chi connectivity index (χ1n) is 8.34. The number of nitrogens with zero attached hydrogens (tertiary/aromatic N) is 2. The van der Waals surface area contributed by atoms with Crippen LogP contribution in [0.2, 0.25) is 0 Å². The van der Waals surface area contributed by atoms with Crippen molar-refractivity contribution in [1.82, 2.24) is 9.80 Å². The Labute approximate surface area is 147 Å². The van der Waals surface area contributed by atoms with Gasteiger partial charge in [0.1, 0.15) is 0 Å². The van der Waals surface area contributed by atoms with E-state index in [9.17, 15) is 9.59 Å². The van der Waals surface area contributed by atoms with Gasteiger partial charge in [-0.15, -0.1) is 0 Å². The largest absolute Gasteiger partial charge is 0.465 e. The fourth-order valence-electron chi connectivity index (χ4n) is 2.95. The number of ketones is 1. The van der Waals surface area contributed by atoms with Crippen molar-refractivity contribution in [2.75, 3.05) is 39.8 Å². The summed E-state index contributed by atoms with van der Waals surface area (Å²) in [6.07, 6.45) is 1.52. The molecule has 2 heterocycles. The van der Waals surface area contributed by atoms with Crippen LogP contribution in [0.3, 0.4) is 0 Å². The molecule has 0 radical (unpaired) electrons. The quantitative estimate of drug-likeness (QED) is 0.591. The summed E-state index contributed by atoms with van der Waals surface area (Å²) >= 11 is 0. The highest BCUT2D eigenvalue weighted by Crippen LogP contribution is 2.12. The number of esters is 1. The molecule has 0 unspecified atom stereocenters. The van der Waals surface area contributed by atoms with E-state index in [-0.39, 0.29) is 11.8 Å². The molecule has 0 atom stereocenters. The van der Waals surface area contributed by atoms with E-state index in [1.165, 1.54) is 13.4 Å². The zero-order valence-electron chi connectivity index (χ0n) is 14.3. The molecular weight excluding hydrogens is 320 g/mol. The van der Waals surface area contributed by atoms with Gasteiger partial charge in [-0.25, -0.2) is 4.79 Å². The highest BCUT2D eigenvalue weighted by atomic mass is 16.5. The average Bonchev–Trinajstić information content (AvgIpc) is 3.18. The van der Waals surface area contributed by atoms with Crippen molar-refractivity contribution < 1.29 is 18.7 Å². The summed E-state index contributed by atoms with van der Waals surface area (Å²) in [5.74, 6) is 0.131. The van der Waals surface area contributed by atoms with Crippen LogP contribution in [-0.4, -0.2) is 61.4 Å². The topological polar surface area (TPSA) is 63.0 Å². The Morgan fingerprint density at radius 3 is 2.32 bits per heavy atom. The maximum Gasteiger partial charge on any atom is 0.337 e.